The summed E-state index contributed by atoms with van der Waals surface area (Å²) < 4.78 is 13.1. The van der Waals surface area contributed by atoms with Gasteiger partial charge in [-0.2, -0.15) is 11.8 Å². The summed E-state index contributed by atoms with van der Waals surface area (Å²) in [5.41, 5.74) is 5.69. The molecule has 1 aliphatic rings. The van der Waals surface area contributed by atoms with Gasteiger partial charge >= 0.3 is 5.97 Å². The van der Waals surface area contributed by atoms with Crippen molar-refractivity contribution in [2.24, 2.45) is 5.92 Å². The number of aliphatic hydroxyl groups excluding tert-OH is 2. The molecular formula is C33H39NO7S. The molecule has 0 aliphatic carbocycles. The molecule has 224 valence electrons. The van der Waals surface area contributed by atoms with E-state index in [0.29, 0.717) is 18.7 Å². The van der Waals surface area contributed by atoms with Gasteiger partial charge in [-0.25, -0.2) is 0 Å². The van der Waals surface area contributed by atoms with Crippen molar-refractivity contribution in [3.8, 4) is 11.1 Å². The molecule has 3 aromatic carbocycles. The molecule has 0 bridgehead atoms. The van der Waals surface area contributed by atoms with Crippen LogP contribution in [0.2, 0.25) is 0 Å². The third-order valence-electron chi connectivity index (χ3n) is 7.34. The topological polar surface area (TPSA) is 125 Å². The van der Waals surface area contributed by atoms with Crippen LogP contribution in [0.1, 0.15) is 60.8 Å². The Kier molecular flexibility index (Phi) is 12.0. The molecule has 4 unspecified atom stereocenters. The molecule has 1 saturated heterocycles. The highest BCUT2D eigenvalue weighted by molar-refractivity contribution is 7.99. The van der Waals surface area contributed by atoms with E-state index in [1.807, 2.05) is 66.7 Å². The van der Waals surface area contributed by atoms with Gasteiger partial charge in [0, 0.05) is 42.4 Å². The Hall–Kier alpha value is -3.21. The van der Waals surface area contributed by atoms with Crippen LogP contribution < -0.4 is 5.32 Å². The number of nitrogens with one attached hydrogen (secondary N) is 1. The molecule has 4 N–H and O–H groups in total. The van der Waals surface area contributed by atoms with E-state index in [-0.39, 0.29) is 50.1 Å². The number of benzene rings is 3. The van der Waals surface area contributed by atoms with Gasteiger partial charge in [0.25, 0.3) is 0 Å². The summed E-state index contributed by atoms with van der Waals surface area (Å²) in [7, 11) is 0. The number of hydrogen-bond donors (Lipinski definition) is 4. The summed E-state index contributed by atoms with van der Waals surface area (Å²) in [5, 5.41) is 30.4. The van der Waals surface area contributed by atoms with E-state index < -0.39 is 12.3 Å². The number of aliphatic hydroxyl groups is 2. The van der Waals surface area contributed by atoms with Gasteiger partial charge < -0.3 is 30.1 Å². The first-order valence-electron chi connectivity index (χ1n) is 14.2. The largest absolute Gasteiger partial charge is 0.481 e. The molecule has 0 spiro atoms. The van der Waals surface area contributed by atoms with Gasteiger partial charge in [0.05, 0.1) is 25.4 Å². The third-order valence-corrected chi connectivity index (χ3v) is 8.38. The first-order valence-corrected chi connectivity index (χ1v) is 15.4. The fraction of sp³-hybridized carbons (Fsp3) is 0.394. The van der Waals surface area contributed by atoms with Gasteiger partial charge in [0.2, 0.25) is 5.91 Å². The number of carboxylic acids is 1. The van der Waals surface area contributed by atoms with E-state index in [1.54, 1.807) is 11.8 Å². The lowest BCUT2D eigenvalue weighted by Gasteiger charge is -2.41. The van der Waals surface area contributed by atoms with Crippen LogP contribution in [0.3, 0.4) is 0 Å². The van der Waals surface area contributed by atoms with Crippen LogP contribution in [0.15, 0.2) is 72.8 Å². The first-order chi connectivity index (χ1) is 20.4. The number of carbonyl (C=O) groups is 2. The minimum absolute atomic E-state index is 0.0132. The molecule has 8 nitrogen and oxygen atoms in total. The van der Waals surface area contributed by atoms with E-state index in [1.165, 1.54) is 0 Å². The predicted molar refractivity (Wildman–Crippen MR) is 163 cm³/mol. The molecule has 9 heteroatoms. The Bertz CT molecular complexity index is 1320. The summed E-state index contributed by atoms with van der Waals surface area (Å²) >= 11 is 1.66. The lowest BCUT2D eigenvalue weighted by Crippen LogP contribution is -2.38. The zero-order valence-electron chi connectivity index (χ0n) is 23.8. The van der Waals surface area contributed by atoms with Crippen LogP contribution in [0.25, 0.3) is 11.1 Å². The maximum absolute atomic E-state index is 12.1. The number of thioether (sulfide) groups is 1. The fourth-order valence-electron chi connectivity index (χ4n) is 4.99. The predicted octanol–water partition coefficient (Wildman–Crippen LogP) is 5.23. The average molecular weight is 594 g/mol. The SMILES string of the molecule is CC1C(CSCCO)OC(c2cccc(-c3cccc(CNC(=O)CCCC(=O)O)c3)c2)OC1c1ccc(CO)cc1. The van der Waals surface area contributed by atoms with Gasteiger partial charge in [0.15, 0.2) is 6.29 Å². The van der Waals surface area contributed by atoms with E-state index in [0.717, 1.165) is 39.1 Å². The van der Waals surface area contributed by atoms with Crippen LogP contribution in [-0.4, -0.2) is 51.4 Å². The Morgan fingerprint density at radius 3 is 2.33 bits per heavy atom. The first kappa shape index (κ1) is 31.7. The number of carbonyl (C=O) groups excluding carboxylic acids is 1. The molecular weight excluding hydrogens is 554 g/mol. The molecule has 0 saturated carbocycles. The van der Waals surface area contributed by atoms with Crippen molar-refractivity contribution in [3.63, 3.8) is 0 Å². The minimum atomic E-state index is -0.903. The Labute approximate surface area is 251 Å². The smallest absolute Gasteiger partial charge is 0.303 e. The fourth-order valence-corrected chi connectivity index (χ4v) is 5.90. The maximum atomic E-state index is 12.1. The molecule has 1 heterocycles. The zero-order valence-corrected chi connectivity index (χ0v) is 24.6. The number of aliphatic carboxylic acids is 1. The van der Waals surface area contributed by atoms with Crippen LogP contribution in [0, 0.1) is 5.92 Å². The van der Waals surface area contributed by atoms with Crippen LogP contribution >= 0.6 is 11.8 Å². The van der Waals surface area contributed by atoms with Crippen LogP contribution in [-0.2, 0) is 32.2 Å². The van der Waals surface area contributed by atoms with Crippen molar-refractivity contribution in [3.05, 3.63) is 95.1 Å². The summed E-state index contributed by atoms with van der Waals surface area (Å²) in [6.07, 6.45) is -0.410. The van der Waals surface area contributed by atoms with Gasteiger partial charge in [-0.3, -0.25) is 9.59 Å². The minimum Gasteiger partial charge on any atom is -0.481 e. The molecule has 1 fully saturated rings. The Morgan fingerprint density at radius 1 is 0.881 bits per heavy atom. The van der Waals surface area contributed by atoms with Crippen molar-refractivity contribution in [1.82, 2.24) is 5.32 Å². The van der Waals surface area contributed by atoms with E-state index in [9.17, 15) is 19.8 Å². The second-order valence-electron chi connectivity index (χ2n) is 10.5. The second kappa shape index (κ2) is 15.9. The number of ether oxygens (including phenoxy) is 2. The molecule has 0 aromatic heterocycles. The number of rotatable bonds is 14. The number of carboxylic acid groups (broad SMARTS) is 1. The summed E-state index contributed by atoms with van der Waals surface area (Å²) in [6.45, 7) is 2.59. The lowest BCUT2D eigenvalue weighted by molar-refractivity contribution is -0.268. The normalized spacial score (nSPS) is 20.3. The summed E-state index contributed by atoms with van der Waals surface area (Å²) in [6, 6.07) is 23.8. The Balaban J connectivity index is 1.50. The van der Waals surface area contributed by atoms with E-state index >= 15 is 0 Å². The molecule has 3 aromatic rings. The molecule has 1 aliphatic heterocycles. The highest BCUT2D eigenvalue weighted by Gasteiger charge is 2.38. The van der Waals surface area contributed by atoms with Crippen molar-refractivity contribution < 1.29 is 34.4 Å². The lowest BCUT2D eigenvalue weighted by atomic mass is 9.91. The molecule has 0 radical (unpaired) electrons. The van der Waals surface area contributed by atoms with Crippen molar-refractivity contribution >= 4 is 23.6 Å². The zero-order chi connectivity index (χ0) is 29.9. The Morgan fingerprint density at radius 2 is 1.62 bits per heavy atom. The standard InChI is InChI=1S/C33H39NO7S/c1-22-29(21-42-16-15-35)40-33(41-32(22)25-13-11-23(20-36)12-14-25)28-8-3-7-27(18-28)26-6-2-5-24(17-26)19-34-30(37)9-4-10-31(38)39/h2-3,5-8,11-14,17-18,22,29,32-33,35-36H,4,9-10,15-16,19-21H2,1H3,(H,34,37)(H,38,39). The maximum Gasteiger partial charge on any atom is 0.303 e. The van der Waals surface area contributed by atoms with Crippen molar-refractivity contribution in [1.29, 1.82) is 0 Å². The highest BCUT2D eigenvalue weighted by Crippen LogP contribution is 2.43. The van der Waals surface area contributed by atoms with E-state index in [2.05, 4.69) is 18.3 Å². The van der Waals surface area contributed by atoms with Crippen molar-refractivity contribution in [2.45, 2.75) is 57.8 Å². The quantitative estimate of drug-likeness (QED) is 0.187. The molecule has 4 atom stereocenters. The van der Waals surface area contributed by atoms with Gasteiger partial charge in [-0.15, -0.1) is 0 Å². The summed E-state index contributed by atoms with van der Waals surface area (Å²) in [5.74, 6) is 0.377. The van der Waals surface area contributed by atoms with Gasteiger partial charge in [0.1, 0.15) is 0 Å². The number of hydrogen-bond acceptors (Lipinski definition) is 7. The van der Waals surface area contributed by atoms with Gasteiger partial charge in [-0.05, 0) is 46.4 Å². The van der Waals surface area contributed by atoms with Crippen LogP contribution in [0.4, 0.5) is 0 Å². The third kappa shape index (κ3) is 8.89. The average Bonchev–Trinajstić information content (AvgIpc) is 3.01. The van der Waals surface area contributed by atoms with Crippen molar-refractivity contribution in [2.75, 3.05) is 18.1 Å². The van der Waals surface area contributed by atoms with Gasteiger partial charge in [-0.1, -0.05) is 67.6 Å². The van der Waals surface area contributed by atoms with E-state index in [4.69, 9.17) is 14.6 Å². The highest BCUT2D eigenvalue weighted by atomic mass is 32.2. The molecule has 4 rings (SSSR count). The number of amides is 1. The molecule has 1 amide bonds. The summed E-state index contributed by atoms with van der Waals surface area (Å²) in [4.78, 5) is 22.8. The second-order valence-corrected chi connectivity index (χ2v) is 11.6. The monoisotopic (exact) mass is 593 g/mol. The molecule has 42 heavy (non-hydrogen) atoms. The van der Waals surface area contributed by atoms with Crippen LogP contribution in [0.5, 0.6) is 0 Å².